The van der Waals surface area contributed by atoms with Gasteiger partial charge in [0.1, 0.15) is 11.4 Å². The van der Waals surface area contributed by atoms with E-state index in [0.29, 0.717) is 11.5 Å². The quantitative estimate of drug-likeness (QED) is 0.757. The van der Waals surface area contributed by atoms with Gasteiger partial charge in [-0.2, -0.15) is 0 Å². The van der Waals surface area contributed by atoms with E-state index in [4.69, 9.17) is 10.5 Å². The first-order valence-electron chi connectivity index (χ1n) is 6.70. The molecule has 0 atom stereocenters. The van der Waals surface area contributed by atoms with Crippen LogP contribution >= 0.6 is 0 Å². The van der Waals surface area contributed by atoms with Crippen LogP contribution in [-0.4, -0.2) is 21.7 Å². The van der Waals surface area contributed by atoms with E-state index < -0.39 is 11.7 Å². The number of nitrogen functional groups attached to an aromatic ring is 1. The molecule has 0 radical (unpaired) electrons. The molecule has 1 aromatic heterocycles. The third-order valence-corrected chi connectivity index (χ3v) is 2.63. The van der Waals surface area contributed by atoms with Crippen molar-refractivity contribution in [2.75, 3.05) is 5.73 Å². The van der Waals surface area contributed by atoms with Crippen molar-refractivity contribution >= 4 is 11.8 Å². The second-order valence-corrected chi connectivity index (χ2v) is 5.72. The largest absolute Gasteiger partial charge is 0.444 e. The number of ether oxygens (including phenoxy) is 1. The van der Waals surface area contributed by atoms with Gasteiger partial charge in [0.05, 0.1) is 18.4 Å². The van der Waals surface area contributed by atoms with Gasteiger partial charge in [0, 0.05) is 11.3 Å². The van der Waals surface area contributed by atoms with Gasteiger partial charge in [-0.1, -0.05) is 12.1 Å². The Morgan fingerprint density at radius 2 is 2.19 bits per heavy atom. The van der Waals surface area contributed by atoms with Crippen molar-refractivity contribution in [1.29, 1.82) is 0 Å². The summed E-state index contributed by atoms with van der Waals surface area (Å²) >= 11 is 0. The van der Waals surface area contributed by atoms with Crippen molar-refractivity contribution in [1.82, 2.24) is 15.3 Å². The normalized spacial score (nSPS) is 11.2. The highest BCUT2D eigenvalue weighted by atomic mass is 16.6. The Bertz CT molecular complexity index is 629. The number of H-pyrrole nitrogens is 1. The number of nitrogens with two attached hydrogens (primary N) is 1. The van der Waals surface area contributed by atoms with Gasteiger partial charge in [-0.05, 0) is 32.9 Å². The van der Waals surface area contributed by atoms with Crippen molar-refractivity contribution in [2.45, 2.75) is 32.9 Å². The molecule has 2 rings (SSSR count). The molecule has 1 amide bonds. The molecular weight excluding hydrogens is 268 g/mol. The molecule has 0 unspecified atom stereocenters. The average Bonchev–Trinajstić information content (AvgIpc) is 2.83. The molecule has 4 N–H and O–H groups in total. The number of carbonyl (C=O) groups is 1. The summed E-state index contributed by atoms with van der Waals surface area (Å²) < 4.78 is 5.16. The van der Waals surface area contributed by atoms with Crippen LogP contribution in [0.4, 0.5) is 10.5 Å². The second-order valence-electron chi connectivity index (χ2n) is 5.72. The van der Waals surface area contributed by atoms with Crippen LogP contribution in [0.3, 0.4) is 0 Å². The Morgan fingerprint density at radius 3 is 2.86 bits per heavy atom. The van der Waals surface area contributed by atoms with Gasteiger partial charge >= 0.3 is 6.09 Å². The van der Waals surface area contributed by atoms with E-state index >= 15 is 0 Å². The predicted octanol–water partition coefficient (Wildman–Crippen LogP) is 2.68. The van der Waals surface area contributed by atoms with E-state index in [-0.39, 0.29) is 6.54 Å². The zero-order chi connectivity index (χ0) is 15.5. The molecule has 0 aliphatic heterocycles. The van der Waals surface area contributed by atoms with Crippen LogP contribution in [-0.2, 0) is 11.3 Å². The fourth-order valence-corrected chi connectivity index (χ4v) is 1.78. The summed E-state index contributed by atoms with van der Waals surface area (Å²) in [6.45, 7) is 5.73. The second kappa shape index (κ2) is 5.87. The Morgan fingerprint density at radius 1 is 1.43 bits per heavy atom. The predicted molar refractivity (Wildman–Crippen MR) is 81.5 cm³/mol. The van der Waals surface area contributed by atoms with Crippen LogP contribution in [0.15, 0.2) is 30.5 Å². The average molecular weight is 288 g/mol. The van der Waals surface area contributed by atoms with E-state index in [1.165, 1.54) is 0 Å². The van der Waals surface area contributed by atoms with Crippen molar-refractivity contribution in [2.24, 2.45) is 0 Å². The monoisotopic (exact) mass is 288 g/mol. The standard InChI is InChI=1S/C15H20N4O2/c1-15(2,3)21-14(20)18-9-13-17-8-12(19-13)10-5-4-6-11(16)7-10/h4-8H,9,16H2,1-3H3,(H,17,19)(H,18,20). The summed E-state index contributed by atoms with van der Waals surface area (Å²) in [7, 11) is 0. The lowest BCUT2D eigenvalue weighted by atomic mass is 10.1. The van der Waals surface area contributed by atoms with Gasteiger partial charge in [0.15, 0.2) is 0 Å². The number of imidazole rings is 1. The van der Waals surface area contributed by atoms with Gasteiger partial charge in [-0.3, -0.25) is 0 Å². The molecule has 6 nitrogen and oxygen atoms in total. The molecule has 1 heterocycles. The molecule has 0 bridgehead atoms. The number of nitrogens with one attached hydrogen (secondary N) is 2. The molecule has 0 spiro atoms. The number of alkyl carbamates (subject to hydrolysis) is 1. The number of amides is 1. The third-order valence-electron chi connectivity index (χ3n) is 2.63. The van der Waals surface area contributed by atoms with Gasteiger partial charge in [-0.15, -0.1) is 0 Å². The molecule has 1 aromatic carbocycles. The third kappa shape index (κ3) is 4.52. The number of carbonyl (C=O) groups excluding carboxylic acids is 1. The van der Waals surface area contributed by atoms with E-state index in [2.05, 4.69) is 15.3 Å². The van der Waals surface area contributed by atoms with Crippen LogP contribution in [0.25, 0.3) is 11.3 Å². The number of rotatable bonds is 3. The number of benzene rings is 1. The van der Waals surface area contributed by atoms with Crippen molar-refractivity contribution in [3.8, 4) is 11.3 Å². The minimum absolute atomic E-state index is 0.275. The molecule has 0 fully saturated rings. The Kier molecular flexibility index (Phi) is 4.16. The van der Waals surface area contributed by atoms with Crippen molar-refractivity contribution in [3.05, 3.63) is 36.3 Å². The number of anilines is 1. The zero-order valence-corrected chi connectivity index (χ0v) is 12.4. The highest BCUT2D eigenvalue weighted by Crippen LogP contribution is 2.19. The molecule has 0 aliphatic rings. The van der Waals surface area contributed by atoms with E-state index in [9.17, 15) is 4.79 Å². The van der Waals surface area contributed by atoms with Gasteiger partial charge in [0.25, 0.3) is 0 Å². The lowest BCUT2D eigenvalue weighted by Crippen LogP contribution is -2.32. The number of hydrogen-bond donors (Lipinski definition) is 3. The molecule has 0 saturated carbocycles. The lowest BCUT2D eigenvalue weighted by Gasteiger charge is -2.19. The summed E-state index contributed by atoms with van der Waals surface area (Å²) in [6, 6.07) is 7.50. The van der Waals surface area contributed by atoms with Gasteiger partial charge < -0.3 is 20.8 Å². The maximum absolute atomic E-state index is 11.6. The van der Waals surface area contributed by atoms with Gasteiger partial charge in [0.2, 0.25) is 0 Å². The number of nitrogens with zero attached hydrogens (tertiary/aromatic N) is 1. The Hall–Kier alpha value is -2.50. The highest BCUT2D eigenvalue weighted by molar-refractivity contribution is 5.67. The SMILES string of the molecule is CC(C)(C)OC(=O)NCc1ncc(-c2cccc(N)c2)[nH]1. The zero-order valence-electron chi connectivity index (χ0n) is 12.4. The summed E-state index contributed by atoms with van der Waals surface area (Å²) in [5.74, 6) is 0.651. The number of aromatic amines is 1. The summed E-state index contributed by atoms with van der Waals surface area (Å²) in [5, 5.41) is 2.65. The first-order chi connectivity index (χ1) is 9.83. The Labute approximate surface area is 123 Å². The number of hydrogen-bond acceptors (Lipinski definition) is 4. The van der Waals surface area contributed by atoms with Gasteiger partial charge in [-0.25, -0.2) is 9.78 Å². The smallest absolute Gasteiger partial charge is 0.408 e. The van der Waals surface area contributed by atoms with E-state index in [1.807, 2.05) is 45.0 Å². The number of aromatic nitrogens is 2. The van der Waals surface area contributed by atoms with Crippen LogP contribution in [0, 0.1) is 0 Å². The summed E-state index contributed by atoms with van der Waals surface area (Å²) in [5.41, 5.74) is 7.73. The van der Waals surface area contributed by atoms with E-state index in [1.54, 1.807) is 6.20 Å². The fraction of sp³-hybridized carbons (Fsp3) is 0.333. The molecular formula is C15H20N4O2. The summed E-state index contributed by atoms with van der Waals surface area (Å²) in [6.07, 6.45) is 1.24. The molecule has 112 valence electrons. The molecule has 2 aromatic rings. The van der Waals surface area contributed by atoms with E-state index in [0.717, 1.165) is 11.3 Å². The molecule has 6 heteroatoms. The first-order valence-corrected chi connectivity index (χ1v) is 6.70. The van der Waals surface area contributed by atoms with Crippen molar-refractivity contribution < 1.29 is 9.53 Å². The highest BCUT2D eigenvalue weighted by Gasteiger charge is 2.16. The first kappa shape index (κ1) is 14.9. The minimum Gasteiger partial charge on any atom is -0.444 e. The molecule has 0 aliphatic carbocycles. The topological polar surface area (TPSA) is 93.0 Å². The fourth-order valence-electron chi connectivity index (χ4n) is 1.78. The maximum Gasteiger partial charge on any atom is 0.408 e. The van der Waals surface area contributed by atoms with Crippen LogP contribution in [0.2, 0.25) is 0 Å². The lowest BCUT2D eigenvalue weighted by molar-refractivity contribution is 0.0522. The Balaban J connectivity index is 1.96. The minimum atomic E-state index is -0.514. The van der Waals surface area contributed by atoms with Crippen LogP contribution in [0.5, 0.6) is 0 Å². The van der Waals surface area contributed by atoms with Crippen LogP contribution in [0.1, 0.15) is 26.6 Å². The van der Waals surface area contributed by atoms with Crippen molar-refractivity contribution in [3.63, 3.8) is 0 Å². The van der Waals surface area contributed by atoms with Crippen LogP contribution < -0.4 is 11.1 Å². The summed E-state index contributed by atoms with van der Waals surface area (Å²) in [4.78, 5) is 18.9. The molecule has 0 saturated heterocycles. The maximum atomic E-state index is 11.6. The molecule has 21 heavy (non-hydrogen) atoms.